The first-order valence-corrected chi connectivity index (χ1v) is 8.98. The number of sulfonamides is 1. The first-order chi connectivity index (χ1) is 13.4. The summed E-state index contributed by atoms with van der Waals surface area (Å²) < 4.78 is 119. The third-order valence-corrected chi connectivity index (χ3v) is 4.93. The van der Waals surface area contributed by atoms with Crippen molar-refractivity contribution in [2.45, 2.75) is 11.1 Å². The van der Waals surface area contributed by atoms with Crippen molar-refractivity contribution in [3.05, 3.63) is 71.4 Å². The van der Waals surface area contributed by atoms with Gasteiger partial charge in [0.1, 0.15) is 0 Å². The normalized spacial score (nSPS) is 12.2. The lowest BCUT2D eigenvalue weighted by Crippen LogP contribution is -2.26. The molecule has 0 spiro atoms. The van der Waals surface area contributed by atoms with E-state index in [4.69, 9.17) is 0 Å². The average Bonchev–Trinajstić information content (AvgIpc) is 3.04. The standard InChI is InChI=1S/C16H8F7N3O2S/c17-9-6-10(18)15(20)13(14(9)19)11-7-12(16(21,22)23)24-26(11)25-29(27,28)8-4-2-1-3-5-8/h1-7,25H. The van der Waals surface area contributed by atoms with Crippen LogP contribution in [0.1, 0.15) is 5.69 Å². The van der Waals surface area contributed by atoms with E-state index < -0.39 is 61.3 Å². The summed E-state index contributed by atoms with van der Waals surface area (Å²) in [5, 5.41) is 2.93. The molecule has 1 aromatic heterocycles. The van der Waals surface area contributed by atoms with Gasteiger partial charge in [0.15, 0.2) is 29.0 Å². The van der Waals surface area contributed by atoms with Crippen LogP contribution in [0, 0.1) is 23.3 Å². The molecule has 154 valence electrons. The van der Waals surface area contributed by atoms with Crippen LogP contribution in [0.3, 0.4) is 0 Å². The number of benzene rings is 2. The summed E-state index contributed by atoms with van der Waals surface area (Å²) in [6.45, 7) is 0. The molecule has 0 unspecified atom stereocenters. The Morgan fingerprint density at radius 1 is 0.897 bits per heavy atom. The Morgan fingerprint density at radius 3 is 1.97 bits per heavy atom. The highest BCUT2D eigenvalue weighted by atomic mass is 32.2. The van der Waals surface area contributed by atoms with Gasteiger partial charge in [-0.3, -0.25) is 0 Å². The van der Waals surface area contributed by atoms with Gasteiger partial charge in [-0.05, 0) is 18.2 Å². The lowest BCUT2D eigenvalue weighted by molar-refractivity contribution is -0.141. The molecule has 2 aromatic carbocycles. The molecule has 0 aliphatic rings. The number of halogens is 7. The van der Waals surface area contributed by atoms with Crippen LogP contribution in [-0.4, -0.2) is 18.3 Å². The SMILES string of the molecule is O=S(=O)(Nn1nc(C(F)(F)F)cc1-c1c(F)c(F)cc(F)c1F)c1ccccc1. The van der Waals surface area contributed by atoms with Gasteiger partial charge in [0.05, 0.1) is 16.2 Å². The maximum atomic E-state index is 14.1. The van der Waals surface area contributed by atoms with Gasteiger partial charge in [0, 0.05) is 6.07 Å². The Kier molecular flexibility index (Phi) is 5.03. The van der Waals surface area contributed by atoms with Gasteiger partial charge in [-0.1, -0.05) is 18.2 Å². The topological polar surface area (TPSA) is 64.0 Å². The second-order valence-corrected chi connectivity index (χ2v) is 7.24. The zero-order valence-corrected chi connectivity index (χ0v) is 14.6. The first-order valence-electron chi connectivity index (χ1n) is 7.50. The summed E-state index contributed by atoms with van der Waals surface area (Å²) >= 11 is 0. The Labute approximate surface area is 158 Å². The van der Waals surface area contributed by atoms with Gasteiger partial charge in [-0.15, -0.1) is 5.10 Å². The quantitative estimate of drug-likeness (QED) is 0.493. The lowest BCUT2D eigenvalue weighted by atomic mass is 10.1. The molecule has 1 heterocycles. The minimum Gasteiger partial charge on any atom is -0.204 e. The predicted octanol–water partition coefficient (Wildman–Crippen LogP) is 4.06. The van der Waals surface area contributed by atoms with Gasteiger partial charge < -0.3 is 0 Å². The molecule has 0 aliphatic carbocycles. The molecule has 29 heavy (non-hydrogen) atoms. The summed E-state index contributed by atoms with van der Waals surface area (Å²) in [5.41, 5.74) is -4.53. The Morgan fingerprint density at radius 2 is 1.45 bits per heavy atom. The fourth-order valence-corrected chi connectivity index (χ4v) is 3.32. The highest BCUT2D eigenvalue weighted by Gasteiger charge is 2.37. The summed E-state index contributed by atoms with van der Waals surface area (Å²) in [7, 11) is -4.57. The van der Waals surface area contributed by atoms with Gasteiger partial charge in [-0.2, -0.15) is 31.2 Å². The number of rotatable bonds is 4. The molecule has 5 nitrogen and oxygen atoms in total. The highest BCUT2D eigenvalue weighted by molar-refractivity contribution is 7.92. The largest absolute Gasteiger partial charge is 0.435 e. The zero-order chi connectivity index (χ0) is 21.6. The fourth-order valence-electron chi connectivity index (χ4n) is 2.33. The summed E-state index contributed by atoms with van der Waals surface area (Å²) in [5.74, 6) is -7.85. The van der Waals surface area contributed by atoms with Crippen LogP contribution in [0.4, 0.5) is 30.7 Å². The van der Waals surface area contributed by atoms with Crippen molar-refractivity contribution in [3.63, 3.8) is 0 Å². The van der Waals surface area contributed by atoms with Crippen LogP contribution in [-0.2, 0) is 16.2 Å². The molecular formula is C16H8F7N3O2S. The fraction of sp³-hybridized carbons (Fsp3) is 0.0625. The molecular weight excluding hydrogens is 431 g/mol. The van der Waals surface area contributed by atoms with E-state index in [-0.39, 0.29) is 16.9 Å². The van der Waals surface area contributed by atoms with Crippen LogP contribution < -0.4 is 4.83 Å². The third-order valence-electron chi connectivity index (χ3n) is 3.63. The van der Waals surface area contributed by atoms with Crippen molar-refractivity contribution in [1.82, 2.24) is 9.89 Å². The van der Waals surface area contributed by atoms with E-state index in [9.17, 15) is 39.2 Å². The molecule has 0 amide bonds. The molecule has 0 fully saturated rings. The van der Waals surface area contributed by atoms with E-state index in [1.54, 1.807) is 4.83 Å². The van der Waals surface area contributed by atoms with Crippen LogP contribution >= 0.6 is 0 Å². The predicted molar refractivity (Wildman–Crippen MR) is 85.5 cm³/mol. The molecule has 0 saturated carbocycles. The second-order valence-electron chi connectivity index (χ2n) is 5.58. The van der Waals surface area contributed by atoms with Gasteiger partial charge >= 0.3 is 6.18 Å². The average molecular weight is 439 g/mol. The number of hydrogen-bond acceptors (Lipinski definition) is 3. The minimum absolute atomic E-state index is 0.0495. The van der Waals surface area contributed by atoms with Crippen LogP contribution in [0.2, 0.25) is 0 Å². The molecule has 13 heteroatoms. The zero-order valence-electron chi connectivity index (χ0n) is 13.8. The van der Waals surface area contributed by atoms with Crippen molar-refractivity contribution < 1.29 is 39.2 Å². The van der Waals surface area contributed by atoms with Crippen molar-refractivity contribution in [3.8, 4) is 11.3 Å². The molecule has 0 bridgehead atoms. The molecule has 0 saturated heterocycles. The number of hydrogen-bond donors (Lipinski definition) is 1. The summed E-state index contributed by atoms with van der Waals surface area (Å²) in [6, 6.07) is 6.14. The Balaban J connectivity index is 2.23. The van der Waals surface area contributed by atoms with Crippen molar-refractivity contribution >= 4 is 10.0 Å². The van der Waals surface area contributed by atoms with E-state index in [1.165, 1.54) is 18.2 Å². The number of alkyl halides is 3. The lowest BCUT2D eigenvalue weighted by Gasteiger charge is -2.12. The van der Waals surface area contributed by atoms with Crippen molar-refractivity contribution in [1.29, 1.82) is 0 Å². The maximum absolute atomic E-state index is 14.1. The van der Waals surface area contributed by atoms with Gasteiger partial charge in [0.2, 0.25) is 0 Å². The first kappa shape index (κ1) is 20.6. The molecule has 1 N–H and O–H groups in total. The number of nitrogens with zero attached hydrogens (tertiary/aromatic N) is 2. The molecule has 3 rings (SSSR count). The van der Waals surface area contributed by atoms with Crippen LogP contribution in [0.15, 0.2) is 47.4 Å². The second kappa shape index (κ2) is 7.06. The minimum atomic E-state index is -5.16. The molecule has 0 radical (unpaired) electrons. The molecule has 0 aliphatic heterocycles. The van der Waals surface area contributed by atoms with Gasteiger partial charge in [-0.25, -0.2) is 17.6 Å². The van der Waals surface area contributed by atoms with Crippen LogP contribution in [0.5, 0.6) is 0 Å². The Hall–Kier alpha value is -3.09. The monoisotopic (exact) mass is 439 g/mol. The number of nitrogens with one attached hydrogen (secondary N) is 1. The summed E-state index contributed by atoms with van der Waals surface area (Å²) in [4.78, 5) is 1.05. The van der Waals surface area contributed by atoms with E-state index in [0.29, 0.717) is 0 Å². The third kappa shape index (κ3) is 3.90. The molecule has 0 atom stereocenters. The smallest absolute Gasteiger partial charge is 0.204 e. The van der Waals surface area contributed by atoms with Gasteiger partial charge in [0.25, 0.3) is 10.0 Å². The Bertz CT molecular complexity index is 1150. The maximum Gasteiger partial charge on any atom is 0.435 e. The number of aromatic nitrogens is 2. The molecule has 3 aromatic rings. The van der Waals surface area contributed by atoms with E-state index >= 15 is 0 Å². The highest BCUT2D eigenvalue weighted by Crippen LogP contribution is 2.35. The van der Waals surface area contributed by atoms with E-state index in [0.717, 1.165) is 12.1 Å². The van der Waals surface area contributed by atoms with Crippen molar-refractivity contribution in [2.75, 3.05) is 4.83 Å². The van der Waals surface area contributed by atoms with Crippen LogP contribution in [0.25, 0.3) is 11.3 Å². The van der Waals surface area contributed by atoms with E-state index in [1.807, 2.05) is 0 Å². The van der Waals surface area contributed by atoms with Crippen molar-refractivity contribution in [2.24, 2.45) is 0 Å². The van der Waals surface area contributed by atoms with E-state index in [2.05, 4.69) is 5.10 Å². The summed E-state index contributed by atoms with van der Waals surface area (Å²) in [6.07, 6.45) is -5.16.